The van der Waals surface area contributed by atoms with E-state index < -0.39 is 0 Å². The van der Waals surface area contributed by atoms with E-state index >= 15 is 0 Å². The number of anilines is 2. The van der Waals surface area contributed by atoms with Crippen LogP contribution in [0.2, 0.25) is 0 Å². The smallest absolute Gasteiger partial charge is 0.232 e. The first kappa shape index (κ1) is 25.1. The molecule has 1 spiro atoms. The van der Waals surface area contributed by atoms with Crippen LogP contribution in [0.4, 0.5) is 10.3 Å². The monoisotopic (exact) mass is 540 g/mol. The zero-order chi connectivity index (χ0) is 25.8. The van der Waals surface area contributed by atoms with Gasteiger partial charge in [-0.15, -0.1) is 20.4 Å². The summed E-state index contributed by atoms with van der Waals surface area (Å²) >= 11 is 2.80. The summed E-state index contributed by atoms with van der Waals surface area (Å²) in [7, 11) is 3.65. The number of carbonyl (C=O) groups excluding carboxylic acids is 2. The van der Waals surface area contributed by atoms with Gasteiger partial charge in [0.15, 0.2) is 0 Å². The van der Waals surface area contributed by atoms with E-state index in [1.807, 2.05) is 26.4 Å². The topological polar surface area (TPSA) is 145 Å². The number of nitrogens with one attached hydrogen (secondary N) is 2. The van der Waals surface area contributed by atoms with Gasteiger partial charge in [0.2, 0.25) is 22.1 Å². The van der Waals surface area contributed by atoms with Crippen molar-refractivity contribution >= 4 is 44.8 Å². The fourth-order valence-electron chi connectivity index (χ4n) is 4.69. The molecule has 6 rings (SSSR count). The highest BCUT2D eigenvalue weighted by Gasteiger charge is 2.49. The molecule has 0 bridgehead atoms. The Morgan fingerprint density at radius 1 is 0.946 bits per heavy atom. The second-order valence-electron chi connectivity index (χ2n) is 9.56. The van der Waals surface area contributed by atoms with E-state index in [2.05, 4.69) is 41.2 Å². The standard InChI is InChI=1S/C15H19N5OS.C8H9N5OS/c1-20-6-3-11(19-20)7-12(21)16-14-18-17-13(22-14)10-8-15(9-10)4-2-5-15;1-13-3-2-6(12-13)4-7(14)10-8-11-9-5-15-8/h3,6,10H,2,4-5,7-9H2,1H3,(H,16,18,21);2-3,5H,4H2,1H3,(H,10,11,14). The SMILES string of the molecule is Cn1ccc(CC(=O)Nc2nnc(C3CC4(CCC4)C3)s2)n1.Cn1ccc(CC(=O)Nc2nncs2)n1. The third-order valence-corrected chi connectivity index (χ3v) is 8.24. The number of hydrogen-bond donors (Lipinski definition) is 2. The maximum absolute atomic E-state index is 12.0. The van der Waals surface area contributed by atoms with Crippen molar-refractivity contribution in [3.8, 4) is 0 Å². The molecule has 14 heteroatoms. The van der Waals surface area contributed by atoms with Crippen LogP contribution in [0, 0.1) is 5.41 Å². The lowest BCUT2D eigenvalue weighted by Crippen LogP contribution is -2.41. The predicted molar refractivity (Wildman–Crippen MR) is 139 cm³/mol. The summed E-state index contributed by atoms with van der Waals surface area (Å²) in [5.41, 5.74) is 3.70. The Bertz CT molecular complexity index is 1350. The molecular formula is C23H28N10O2S2. The number of nitrogens with zero attached hydrogens (tertiary/aromatic N) is 8. The number of amides is 2. The molecule has 4 heterocycles. The molecule has 2 aliphatic carbocycles. The first-order chi connectivity index (χ1) is 17.9. The highest BCUT2D eigenvalue weighted by molar-refractivity contribution is 7.15. The van der Waals surface area contributed by atoms with E-state index in [0.717, 1.165) is 16.4 Å². The Hall–Kier alpha value is -3.52. The maximum atomic E-state index is 12.0. The Labute approximate surface area is 221 Å². The molecule has 12 nitrogen and oxygen atoms in total. The van der Waals surface area contributed by atoms with Crippen molar-refractivity contribution in [3.05, 3.63) is 46.4 Å². The molecule has 0 unspecified atom stereocenters. The van der Waals surface area contributed by atoms with E-state index in [1.165, 1.54) is 54.8 Å². The fourth-order valence-corrected chi connectivity index (χ4v) is 6.01. The lowest BCUT2D eigenvalue weighted by Gasteiger charge is -2.53. The second kappa shape index (κ2) is 10.8. The van der Waals surface area contributed by atoms with E-state index in [-0.39, 0.29) is 24.7 Å². The average molecular weight is 541 g/mol. The van der Waals surface area contributed by atoms with Crippen LogP contribution in [0.1, 0.15) is 54.4 Å². The fraction of sp³-hybridized carbons (Fsp3) is 0.478. The highest BCUT2D eigenvalue weighted by atomic mass is 32.1. The largest absolute Gasteiger partial charge is 0.300 e. The van der Waals surface area contributed by atoms with Gasteiger partial charge in [0.25, 0.3) is 0 Å². The molecule has 2 amide bonds. The third-order valence-electron chi connectivity index (χ3n) is 6.64. The van der Waals surface area contributed by atoms with Crippen molar-refractivity contribution in [2.24, 2.45) is 19.5 Å². The minimum absolute atomic E-state index is 0.0922. The van der Waals surface area contributed by atoms with Crippen molar-refractivity contribution in [2.75, 3.05) is 10.6 Å². The van der Waals surface area contributed by atoms with Gasteiger partial charge in [0, 0.05) is 32.4 Å². The zero-order valence-corrected chi connectivity index (χ0v) is 22.3. The number of rotatable bonds is 7. The van der Waals surface area contributed by atoms with Gasteiger partial charge in [-0.2, -0.15) is 10.2 Å². The van der Waals surface area contributed by atoms with Crippen molar-refractivity contribution in [1.82, 2.24) is 40.0 Å². The van der Waals surface area contributed by atoms with Gasteiger partial charge in [0.1, 0.15) is 10.5 Å². The van der Waals surface area contributed by atoms with Crippen LogP contribution in [0.15, 0.2) is 30.0 Å². The van der Waals surface area contributed by atoms with Crippen LogP contribution >= 0.6 is 22.7 Å². The van der Waals surface area contributed by atoms with Crippen LogP contribution in [-0.4, -0.2) is 51.8 Å². The van der Waals surface area contributed by atoms with Crippen LogP contribution in [0.25, 0.3) is 0 Å². The van der Waals surface area contributed by atoms with E-state index in [9.17, 15) is 9.59 Å². The van der Waals surface area contributed by atoms with Crippen LogP contribution in [-0.2, 0) is 36.5 Å². The summed E-state index contributed by atoms with van der Waals surface area (Å²) in [5, 5.41) is 31.7. The van der Waals surface area contributed by atoms with Crippen molar-refractivity contribution in [3.63, 3.8) is 0 Å². The lowest BCUT2D eigenvalue weighted by molar-refractivity contribution is -0.116. The van der Waals surface area contributed by atoms with Gasteiger partial charge < -0.3 is 10.6 Å². The van der Waals surface area contributed by atoms with Crippen molar-refractivity contribution < 1.29 is 9.59 Å². The Morgan fingerprint density at radius 3 is 2.05 bits per heavy atom. The van der Waals surface area contributed by atoms with Crippen LogP contribution in [0.5, 0.6) is 0 Å². The van der Waals surface area contributed by atoms with Gasteiger partial charge in [-0.1, -0.05) is 29.1 Å². The molecular weight excluding hydrogens is 512 g/mol. The minimum Gasteiger partial charge on any atom is -0.300 e. The Morgan fingerprint density at radius 2 is 1.57 bits per heavy atom. The summed E-state index contributed by atoms with van der Waals surface area (Å²) in [6.45, 7) is 0. The summed E-state index contributed by atoms with van der Waals surface area (Å²) in [6, 6.07) is 3.65. The molecule has 2 N–H and O–H groups in total. The third kappa shape index (κ3) is 6.43. The minimum atomic E-state index is -0.134. The number of carbonyl (C=O) groups is 2. The molecule has 194 valence electrons. The average Bonchev–Trinajstić information content (AvgIpc) is 3.58. The normalized spacial score (nSPS) is 15.8. The number of hydrogen-bond acceptors (Lipinski definition) is 10. The first-order valence-electron chi connectivity index (χ1n) is 12.0. The highest BCUT2D eigenvalue weighted by Crippen LogP contribution is 2.62. The Balaban J connectivity index is 0.000000164. The van der Waals surface area contributed by atoms with Crippen LogP contribution < -0.4 is 10.6 Å². The van der Waals surface area contributed by atoms with E-state index in [4.69, 9.17) is 0 Å². The molecule has 37 heavy (non-hydrogen) atoms. The molecule has 0 atom stereocenters. The lowest BCUT2D eigenvalue weighted by atomic mass is 9.52. The Kier molecular flexibility index (Phi) is 7.37. The molecule has 0 saturated heterocycles. The quantitative estimate of drug-likeness (QED) is 0.364. The first-order valence-corrected chi connectivity index (χ1v) is 13.7. The molecule has 4 aromatic rings. The predicted octanol–water partition coefficient (Wildman–Crippen LogP) is 2.95. The van der Waals surface area contributed by atoms with Crippen LogP contribution in [0.3, 0.4) is 0 Å². The van der Waals surface area contributed by atoms with Gasteiger partial charge in [-0.05, 0) is 43.2 Å². The molecule has 4 aromatic heterocycles. The van der Waals surface area contributed by atoms with Crippen molar-refractivity contribution in [2.45, 2.75) is 50.9 Å². The number of aryl methyl sites for hydroxylation is 2. The molecule has 0 aliphatic heterocycles. The molecule has 2 aliphatic rings. The summed E-state index contributed by atoms with van der Waals surface area (Å²) in [4.78, 5) is 23.5. The summed E-state index contributed by atoms with van der Waals surface area (Å²) in [6.07, 6.45) is 10.8. The maximum Gasteiger partial charge on any atom is 0.232 e. The summed E-state index contributed by atoms with van der Waals surface area (Å²) in [5.74, 6) is 0.329. The van der Waals surface area contributed by atoms with E-state index in [1.54, 1.807) is 27.1 Å². The van der Waals surface area contributed by atoms with Gasteiger partial charge in [0.05, 0.1) is 24.2 Å². The van der Waals surface area contributed by atoms with Gasteiger partial charge in [-0.3, -0.25) is 19.0 Å². The number of aromatic nitrogens is 8. The molecule has 0 radical (unpaired) electrons. The van der Waals surface area contributed by atoms with Crippen molar-refractivity contribution in [1.29, 1.82) is 0 Å². The molecule has 2 fully saturated rings. The molecule has 0 aromatic carbocycles. The van der Waals surface area contributed by atoms with Gasteiger partial charge in [-0.25, -0.2) is 0 Å². The van der Waals surface area contributed by atoms with E-state index in [0.29, 0.717) is 21.6 Å². The zero-order valence-electron chi connectivity index (χ0n) is 20.6. The summed E-state index contributed by atoms with van der Waals surface area (Å²) < 4.78 is 3.35. The second-order valence-corrected chi connectivity index (χ2v) is 11.4. The van der Waals surface area contributed by atoms with Gasteiger partial charge >= 0.3 is 0 Å². The molecule has 2 saturated carbocycles.